The monoisotopic (exact) mass is 314 g/mol. The Kier molecular flexibility index (Phi) is 4.70. The molecule has 0 unspecified atom stereocenters. The van der Waals surface area contributed by atoms with Gasteiger partial charge in [0.1, 0.15) is 5.75 Å². The van der Waals surface area contributed by atoms with E-state index in [0.717, 1.165) is 0 Å². The highest BCUT2D eigenvalue weighted by Gasteiger charge is 2.13. The lowest BCUT2D eigenvalue weighted by Crippen LogP contribution is -2.12. The first-order valence-corrected chi connectivity index (χ1v) is 6.57. The van der Waals surface area contributed by atoms with Crippen LogP contribution < -0.4 is 4.74 Å². The molecule has 19 heavy (non-hydrogen) atoms. The van der Waals surface area contributed by atoms with Crippen LogP contribution >= 0.6 is 34.8 Å². The molecule has 2 aromatic rings. The lowest BCUT2D eigenvalue weighted by Gasteiger charge is -2.07. The van der Waals surface area contributed by atoms with Gasteiger partial charge in [0.05, 0.1) is 10.0 Å². The van der Waals surface area contributed by atoms with E-state index in [-0.39, 0.29) is 17.4 Å². The van der Waals surface area contributed by atoms with Crippen molar-refractivity contribution in [1.82, 2.24) is 0 Å². The van der Waals surface area contributed by atoms with Gasteiger partial charge in [-0.15, -0.1) is 0 Å². The zero-order chi connectivity index (χ0) is 13.8. The van der Waals surface area contributed by atoms with Gasteiger partial charge in [-0.3, -0.25) is 4.79 Å². The molecule has 0 spiro atoms. The molecule has 98 valence electrons. The van der Waals surface area contributed by atoms with Crippen LogP contribution in [0.15, 0.2) is 42.5 Å². The summed E-state index contributed by atoms with van der Waals surface area (Å²) in [6.07, 6.45) is 0. The fourth-order valence-corrected chi connectivity index (χ4v) is 2.01. The van der Waals surface area contributed by atoms with Crippen molar-refractivity contribution >= 4 is 40.6 Å². The number of ether oxygens (including phenoxy) is 1. The number of carbonyl (C=O) groups excluding carboxylic acids is 1. The maximum Gasteiger partial charge on any atom is 0.201 e. The Labute approximate surface area is 125 Å². The van der Waals surface area contributed by atoms with Gasteiger partial charge in [0.15, 0.2) is 6.61 Å². The summed E-state index contributed by atoms with van der Waals surface area (Å²) in [5, 5.41) is 1.20. The quantitative estimate of drug-likeness (QED) is 0.749. The molecule has 0 saturated carbocycles. The predicted octanol–water partition coefficient (Wildman–Crippen LogP) is 4.91. The zero-order valence-corrected chi connectivity index (χ0v) is 12.0. The van der Waals surface area contributed by atoms with Crippen LogP contribution in [0, 0.1) is 0 Å². The van der Waals surface area contributed by atoms with E-state index < -0.39 is 0 Å². The van der Waals surface area contributed by atoms with Gasteiger partial charge in [-0.05, 0) is 36.4 Å². The van der Waals surface area contributed by atoms with E-state index in [4.69, 9.17) is 39.5 Å². The summed E-state index contributed by atoms with van der Waals surface area (Å²) in [4.78, 5) is 12.0. The second-order valence-corrected chi connectivity index (χ2v) is 4.99. The van der Waals surface area contributed by atoms with Gasteiger partial charge in [0, 0.05) is 10.6 Å². The second kappa shape index (κ2) is 6.29. The van der Waals surface area contributed by atoms with E-state index in [0.29, 0.717) is 21.4 Å². The summed E-state index contributed by atoms with van der Waals surface area (Å²) < 4.78 is 5.36. The minimum atomic E-state index is -0.234. The molecule has 0 atom stereocenters. The summed E-state index contributed by atoms with van der Waals surface area (Å²) in [6.45, 7) is -0.109. The minimum absolute atomic E-state index is 0.109. The zero-order valence-electron chi connectivity index (χ0n) is 9.70. The van der Waals surface area contributed by atoms with Crippen LogP contribution in [0.2, 0.25) is 15.1 Å². The van der Waals surface area contributed by atoms with Crippen molar-refractivity contribution < 1.29 is 9.53 Å². The second-order valence-electron chi connectivity index (χ2n) is 3.77. The molecule has 0 fully saturated rings. The van der Waals surface area contributed by atoms with E-state index in [9.17, 15) is 4.79 Å². The highest BCUT2D eigenvalue weighted by molar-refractivity contribution is 6.43. The van der Waals surface area contributed by atoms with Gasteiger partial charge < -0.3 is 4.74 Å². The van der Waals surface area contributed by atoms with Crippen molar-refractivity contribution in [2.75, 3.05) is 6.61 Å². The Balaban J connectivity index is 2.05. The summed E-state index contributed by atoms with van der Waals surface area (Å²) in [5.41, 5.74) is 0.350. The largest absolute Gasteiger partial charge is 0.485 e. The molecular weight excluding hydrogens is 307 g/mol. The minimum Gasteiger partial charge on any atom is -0.485 e. The summed E-state index contributed by atoms with van der Waals surface area (Å²) in [6, 6.07) is 11.7. The normalized spacial score (nSPS) is 10.3. The van der Waals surface area contributed by atoms with Gasteiger partial charge in [-0.1, -0.05) is 40.9 Å². The fourth-order valence-electron chi connectivity index (χ4n) is 1.48. The van der Waals surface area contributed by atoms with Crippen molar-refractivity contribution in [1.29, 1.82) is 0 Å². The number of carbonyl (C=O) groups is 1. The van der Waals surface area contributed by atoms with Gasteiger partial charge in [-0.2, -0.15) is 0 Å². The van der Waals surface area contributed by atoms with Crippen molar-refractivity contribution in [3.63, 3.8) is 0 Å². The maximum absolute atomic E-state index is 12.0. The molecule has 0 bridgehead atoms. The molecule has 0 amide bonds. The van der Waals surface area contributed by atoms with Gasteiger partial charge >= 0.3 is 0 Å². The molecule has 2 rings (SSSR count). The van der Waals surface area contributed by atoms with Crippen LogP contribution in [0.4, 0.5) is 0 Å². The van der Waals surface area contributed by atoms with Gasteiger partial charge in [0.25, 0.3) is 0 Å². The fraction of sp³-hybridized carbons (Fsp3) is 0.0714. The van der Waals surface area contributed by atoms with Gasteiger partial charge in [-0.25, -0.2) is 0 Å². The van der Waals surface area contributed by atoms with E-state index in [2.05, 4.69) is 0 Å². The van der Waals surface area contributed by atoms with E-state index >= 15 is 0 Å². The van der Waals surface area contributed by atoms with Gasteiger partial charge in [0.2, 0.25) is 5.78 Å². The van der Waals surface area contributed by atoms with Crippen LogP contribution in [0.5, 0.6) is 5.75 Å². The average Bonchev–Trinajstić information content (AvgIpc) is 2.41. The molecule has 0 aliphatic carbocycles. The predicted molar refractivity (Wildman–Crippen MR) is 77.7 cm³/mol. The lowest BCUT2D eigenvalue weighted by atomic mass is 10.1. The topological polar surface area (TPSA) is 26.3 Å². The lowest BCUT2D eigenvalue weighted by molar-refractivity contribution is 0.0921. The third-order valence-electron chi connectivity index (χ3n) is 2.44. The molecule has 0 aliphatic rings. The summed E-state index contributed by atoms with van der Waals surface area (Å²) in [7, 11) is 0. The molecule has 2 aromatic carbocycles. The molecule has 0 aromatic heterocycles. The van der Waals surface area contributed by atoms with Crippen molar-refractivity contribution in [2.24, 2.45) is 0 Å². The van der Waals surface area contributed by atoms with Crippen LogP contribution in [0.25, 0.3) is 0 Å². The molecule has 2 nitrogen and oxygen atoms in total. The molecule has 0 heterocycles. The number of rotatable bonds is 4. The number of halogens is 3. The first-order chi connectivity index (χ1) is 9.08. The molecular formula is C14H9Cl3O2. The highest BCUT2D eigenvalue weighted by Crippen LogP contribution is 2.26. The molecule has 0 radical (unpaired) electrons. The summed E-state index contributed by atoms with van der Waals surface area (Å²) in [5.74, 6) is 0.332. The van der Waals surface area contributed by atoms with Crippen LogP contribution in [-0.2, 0) is 0 Å². The number of hydrogen-bond acceptors (Lipinski definition) is 2. The first-order valence-electron chi connectivity index (χ1n) is 5.43. The Hall–Kier alpha value is -1.22. The van der Waals surface area contributed by atoms with E-state index in [1.807, 2.05) is 0 Å². The van der Waals surface area contributed by atoms with E-state index in [1.54, 1.807) is 42.5 Å². The molecule has 5 heteroatoms. The number of benzene rings is 2. The third-order valence-corrected chi connectivity index (χ3v) is 3.51. The molecule has 0 N–H and O–H groups in total. The maximum atomic E-state index is 12.0. The average molecular weight is 316 g/mol. The van der Waals surface area contributed by atoms with Crippen molar-refractivity contribution in [3.8, 4) is 5.75 Å². The van der Waals surface area contributed by atoms with Crippen molar-refractivity contribution in [2.45, 2.75) is 0 Å². The van der Waals surface area contributed by atoms with Crippen LogP contribution in [-0.4, -0.2) is 12.4 Å². The Morgan fingerprint density at radius 3 is 2.37 bits per heavy atom. The Morgan fingerprint density at radius 1 is 1.00 bits per heavy atom. The Bertz CT molecular complexity index is 594. The molecule has 0 saturated heterocycles. The number of hydrogen-bond donors (Lipinski definition) is 0. The third kappa shape index (κ3) is 3.63. The van der Waals surface area contributed by atoms with Crippen LogP contribution in [0.3, 0.4) is 0 Å². The Morgan fingerprint density at radius 2 is 1.68 bits per heavy atom. The highest BCUT2D eigenvalue weighted by atomic mass is 35.5. The number of Topliss-reactive ketones (excluding diaryl/α,β-unsaturated/α-hetero) is 1. The SMILES string of the molecule is O=C(COc1ccc(Cl)cc1)c1cccc(Cl)c1Cl. The van der Waals surface area contributed by atoms with E-state index in [1.165, 1.54) is 0 Å². The number of ketones is 1. The molecule has 0 aliphatic heterocycles. The van der Waals surface area contributed by atoms with Crippen molar-refractivity contribution in [3.05, 3.63) is 63.1 Å². The first kappa shape index (κ1) is 14.2. The smallest absolute Gasteiger partial charge is 0.201 e. The summed E-state index contributed by atoms with van der Waals surface area (Å²) >= 11 is 17.6. The standard InChI is InChI=1S/C14H9Cl3O2/c15-9-4-6-10(7-5-9)19-8-13(18)11-2-1-3-12(16)14(11)17/h1-7H,8H2. The van der Waals surface area contributed by atoms with Crippen LogP contribution in [0.1, 0.15) is 10.4 Å².